The molecular formula is C13H13BrN2O2. The molecular weight excluding hydrogens is 296 g/mol. The molecule has 4 nitrogen and oxygen atoms in total. The highest BCUT2D eigenvalue weighted by Gasteiger charge is 2.17. The van der Waals surface area contributed by atoms with Crippen LogP contribution in [0.25, 0.3) is 11.3 Å². The molecule has 0 bridgehead atoms. The van der Waals surface area contributed by atoms with Gasteiger partial charge < -0.3 is 10.1 Å². The Kier molecular flexibility index (Phi) is 3.52. The number of nitrogens with one attached hydrogen (secondary N) is 1. The second-order valence-electron chi connectivity index (χ2n) is 4.20. The zero-order valence-electron chi connectivity index (χ0n) is 10.1. The fourth-order valence-corrected chi connectivity index (χ4v) is 2.06. The average Bonchev–Trinajstić information content (AvgIpc) is 2.80. The Morgan fingerprint density at radius 1 is 1.50 bits per heavy atom. The van der Waals surface area contributed by atoms with Crippen molar-refractivity contribution in [1.29, 1.82) is 0 Å². The number of benzene rings is 1. The van der Waals surface area contributed by atoms with Crippen LogP contribution in [0, 0.1) is 6.92 Å². The molecule has 18 heavy (non-hydrogen) atoms. The summed E-state index contributed by atoms with van der Waals surface area (Å²) in [5.41, 5.74) is 2.95. The Morgan fingerprint density at radius 3 is 2.89 bits per heavy atom. The Morgan fingerprint density at radius 2 is 2.22 bits per heavy atom. The molecule has 1 heterocycles. The number of aromatic amines is 1. The van der Waals surface area contributed by atoms with Gasteiger partial charge in [0, 0.05) is 10.0 Å². The van der Waals surface area contributed by atoms with E-state index in [4.69, 9.17) is 5.11 Å². The number of imidazole rings is 1. The molecule has 0 spiro atoms. The van der Waals surface area contributed by atoms with Gasteiger partial charge in [-0.15, -0.1) is 0 Å². The third-order valence-electron chi connectivity index (χ3n) is 2.87. The lowest BCUT2D eigenvalue weighted by Crippen LogP contribution is -2.08. The fourth-order valence-electron chi connectivity index (χ4n) is 1.69. The second-order valence-corrected chi connectivity index (χ2v) is 5.12. The summed E-state index contributed by atoms with van der Waals surface area (Å²) in [5.74, 6) is -1.05. The Bertz CT molecular complexity index is 592. The maximum Gasteiger partial charge on any atom is 0.313 e. The largest absolute Gasteiger partial charge is 0.481 e. The number of hydrogen-bond donors (Lipinski definition) is 2. The molecule has 0 fully saturated rings. The molecule has 1 aromatic heterocycles. The lowest BCUT2D eigenvalue weighted by molar-refractivity contribution is -0.138. The molecule has 5 heteroatoms. The van der Waals surface area contributed by atoms with E-state index >= 15 is 0 Å². The number of carboxylic acid groups (broad SMARTS) is 1. The first-order valence-electron chi connectivity index (χ1n) is 5.53. The summed E-state index contributed by atoms with van der Waals surface area (Å²) in [7, 11) is 0. The molecule has 0 radical (unpaired) electrons. The third kappa shape index (κ3) is 2.46. The molecule has 2 rings (SSSR count). The van der Waals surface area contributed by atoms with Crippen LogP contribution in [0.2, 0.25) is 0 Å². The first-order valence-corrected chi connectivity index (χ1v) is 6.32. The van der Waals surface area contributed by atoms with E-state index < -0.39 is 11.9 Å². The highest BCUT2D eigenvalue weighted by atomic mass is 79.9. The van der Waals surface area contributed by atoms with Crippen molar-refractivity contribution in [2.24, 2.45) is 0 Å². The zero-order chi connectivity index (χ0) is 13.3. The van der Waals surface area contributed by atoms with Crippen LogP contribution in [0.3, 0.4) is 0 Å². The van der Waals surface area contributed by atoms with Crippen LogP contribution < -0.4 is 0 Å². The van der Waals surface area contributed by atoms with E-state index in [9.17, 15) is 4.79 Å². The highest BCUT2D eigenvalue weighted by molar-refractivity contribution is 9.10. The van der Waals surface area contributed by atoms with Gasteiger partial charge in [-0.05, 0) is 31.5 Å². The van der Waals surface area contributed by atoms with Gasteiger partial charge in [-0.3, -0.25) is 4.79 Å². The van der Waals surface area contributed by atoms with Gasteiger partial charge in [0.05, 0.1) is 11.9 Å². The normalized spacial score (nSPS) is 12.4. The average molecular weight is 309 g/mol. The zero-order valence-corrected chi connectivity index (χ0v) is 11.7. The van der Waals surface area contributed by atoms with Gasteiger partial charge in [-0.2, -0.15) is 0 Å². The summed E-state index contributed by atoms with van der Waals surface area (Å²) in [6, 6.07) is 5.95. The molecule has 0 amide bonds. The molecule has 94 valence electrons. The maximum atomic E-state index is 10.9. The van der Waals surface area contributed by atoms with Crippen molar-refractivity contribution in [3.05, 3.63) is 40.3 Å². The SMILES string of the molecule is Cc1ccc(Br)cc1-c1cnc(C(C)C(=O)O)[nH]1. The Hall–Kier alpha value is -1.62. The van der Waals surface area contributed by atoms with Gasteiger partial charge in [0.15, 0.2) is 0 Å². The molecule has 1 atom stereocenters. The number of nitrogens with zero attached hydrogens (tertiary/aromatic N) is 1. The van der Waals surface area contributed by atoms with Crippen LogP contribution in [-0.2, 0) is 4.79 Å². The molecule has 1 aromatic carbocycles. The lowest BCUT2D eigenvalue weighted by Gasteiger charge is -2.04. The number of carbonyl (C=O) groups is 1. The fraction of sp³-hybridized carbons (Fsp3) is 0.231. The maximum absolute atomic E-state index is 10.9. The van der Waals surface area contributed by atoms with E-state index in [-0.39, 0.29) is 0 Å². The van der Waals surface area contributed by atoms with E-state index in [1.54, 1.807) is 13.1 Å². The number of hydrogen-bond acceptors (Lipinski definition) is 2. The molecule has 2 aromatic rings. The summed E-state index contributed by atoms with van der Waals surface area (Å²) in [6.45, 7) is 3.61. The lowest BCUT2D eigenvalue weighted by atomic mass is 10.1. The topological polar surface area (TPSA) is 66.0 Å². The smallest absolute Gasteiger partial charge is 0.313 e. The summed E-state index contributed by atoms with van der Waals surface area (Å²) < 4.78 is 0.977. The van der Waals surface area contributed by atoms with Gasteiger partial charge in [0.2, 0.25) is 0 Å². The molecule has 0 aliphatic heterocycles. The van der Waals surface area contributed by atoms with Crippen molar-refractivity contribution >= 4 is 21.9 Å². The quantitative estimate of drug-likeness (QED) is 0.914. The highest BCUT2D eigenvalue weighted by Crippen LogP contribution is 2.26. The summed E-state index contributed by atoms with van der Waals surface area (Å²) in [4.78, 5) is 18.1. The van der Waals surface area contributed by atoms with Crippen molar-refractivity contribution in [2.75, 3.05) is 0 Å². The van der Waals surface area contributed by atoms with Gasteiger partial charge >= 0.3 is 5.97 Å². The van der Waals surface area contributed by atoms with Crippen LogP contribution in [0.5, 0.6) is 0 Å². The van der Waals surface area contributed by atoms with E-state index in [1.165, 1.54) is 0 Å². The van der Waals surface area contributed by atoms with Gasteiger partial charge in [0.1, 0.15) is 11.7 Å². The van der Waals surface area contributed by atoms with Gasteiger partial charge in [-0.25, -0.2) is 4.98 Å². The monoisotopic (exact) mass is 308 g/mol. The Labute approximate surface area is 113 Å². The van der Waals surface area contributed by atoms with Crippen molar-refractivity contribution in [2.45, 2.75) is 19.8 Å². The number of H-pyrrole nitrogens is 1. The molecule has 2 N–H and O–H groups in total. The Balaban J connectivity index is 2.41. The van der Waals surface area contributed by atoms with Gasteiger partial charge in [-0.1, -0.05) is 22.0 Å². The van der Waals surface area contributed by atoms with Crippen molar-refractivity contribution < 1.29 is 9.90 Å². The first-order chi connectivity index (χ1) is 8.49. The predicted molar refractivity (Wildman–Crippen MR) is 72.5 cm³/mol. The van der Waals surface area contributed by atoms with Crippen LogP contribution in [0.1, 0.15) is 24.2 Å². The molecule has 0 saturated carbocycles. The van der Waals surface area contributed by atoms with Gasteiger partial charge in [0.25, 0.3) is 0 Å². The van der Waals surface area contributed by atoms with Crippen LogP contribution >= 0.6 is 15.9 Å². The minimum atomic E-state index is -0.887. The number of halogens is 1. The summed E-state index contributed by atoms with van der Waals surface area (Å²) >= 11 is 3.42. The molecule has 0 aliphatic carbocycles. The minimum absolute atomic E-state index is 0.469. The standard InChI is InChI=1S/C13H13BrN2O2/c1-7-3-4-9(14)5-10(7)11-6-15-12(16-11)8(2)13(17)18/h3-6,8H,1-2H3,(H,15,16)(H,17,18). The van der Waals surface area contributed by atoms with Crippen LogP contribution in [0.4, 0.5) is 0 Å². The van der Waals surface area contributed by atoms with Crippen LogP contribution in [-0.4, -0.2) is 21.0 Å². The third-order valence-corrected chi connectivity index (χ3v) is 3.36. The molecule has 1 unspecified atom stereocenters. The number of aromatic nitrogens is 2. The summed E-state index contributed by atoms with van der Waals surface area (Å²) in [6.07, 6.45) is 1.67. The second kappa shape index (κ2) is 4.94. The van der Waals surface area contributed by atoms with E-state index in [0.717, 1.165) is 21.3 Å². The number of carboxylic acids is 1. The minimum Gasteiger partial charge on any atom is -0.481 e. The summed E-state index contributed by atoms with van der Waals surface area (Å²) in [5, 5.41) is 8.95. The van der Waals surface area contributed by atoms with Crippen LogP contribution in [0.15, 0.2) is 28.9 Å². The molecule has 0 saturated heterocycles. The van der Waals surface area contributed by atoms with E-state index in [1.807, 2.05) is 25.1 Å². The predicted octanol–water partition coefficient (Wildman–Crippen LogP) is 3.34. The number of aryl methyl sites for hydroxylation is 1. The number of aliphatic carboxylic acids is 1. The first kappa shape index (κ1) is 12.8. The van der Waals surface area contributed by atoms with E-state index in [2.05, 4.69) is 25.9 Å². The van der Waals surface area contributed by atoms with E-state index in [0.29, 0.717) is 5.82 Å². The van der Waals surface area contributed by atoms with Crippen molar-refractivity contribution in [3.63, 3.8) is 0 Å². The van der Waals surface area contributed by atoms with Crippen molar-refractivity contribution in [1.82, 2.24) is 9.97 Å². The molecule has 0 aliphatic rings. The number of rotatable bonds is 3. The van der Waals surface area contributed by atoms with Crippen molar-refractivity contribution in [3.8, 4) is 11.3 Å².